The molecule has 0 aromatic heterocycles. The standard InChI is InChI=1S/C12H16FNO/c1-12(2,3)11(14)10(15)8-5-4-6-9(13)7-8/h4-7,11H,14H2,1-3H3. The van der Waals surface area contributed by atoms with Crippen LogP contribution in [0, 0.1) is 11.2 Å². The number of carbonyl (C=O) groups excluding carboxylic acids is 1. The molecule has 82 valence electrons. The van der Waals surface area contributed by atoms with Crippen molar-refractivity contribution in [3.8, 4) is 0 Å². The van der Waals surface area contributed by atoms with Crippen molar-refractivity contribution in [2.24, 2.45) is 11.1 Å². The van der Waals surface area contributed by atoms with Crippen LogP contribution in [-0.2, 0) is 0 Å². The van der Waals surface area contributed by atoms with E-state index in [9.17, 15) is 9.18 Å². The second kappa shape index (κ2) is 4.11. The summed E-state index contributed by atoms with van der Waals surface area (Å²) in [6, 6.07) is 5.00. The third-order valence-electron chi connectivity index (χ3n) is 2.32. The van der Waals surface area contributed by atoms with Gasteiger partial charge in [-0.1, -0.05) is 32.9 Å². The topological polar surface area (TPSA) is 43.1 Å². The molecule has 0 aliphatic heterocycles. The summed E-state index contributed by atoms with van der Waals surface area (Å²) in [7, 11) is 0. The largest absolute Gasteiger partial charge is 0.321 e. The van der Waals surface area contributed by atoms with Gasteiger partial charge in [0, 0.05) is 5.56 Å². The molecular formula is C12H16FNO. The van der Waals surface area contributed by atoms with E-state index in [0.29, 0.717) is 5.56 Å². The van der Waals surface area contributed by atoms with Crippen molar-refractivity contribution in [1.82, 2.24) is 0 Å². The fourth-order valence-electron chi connectivity index (χ4n) is 1.21. The zero-order chi connectivity index (χ0) is 11.6. The minimum absolute atomic E-state index is 0.220. The average Bonchev–Trinajstić information content (AvgIpc) is 2.14. The summed E-state index contributed by atoms with van der Waals surface area (Å²) in [5, 5.41) is 0. The van der Waals surface area contributed by atoms with E-state index in [-0.39, 0.29) is 11.2 Å². The quantitative estimate of drug-likeness (QED) is 0.760. The number of nitrogens with two attached hydrogens (primary N) is 1. The van der Waals surface area contributed by atoms with Crippen molar-refractivity contribution in [3.05, 3.63) is 35.6 Å². The lowest BCUT2D eigenvalue weighted by Crippen LogP contribution is -2.42. The maximum absolute atomic E-state index is 12.9. The Kier molecular flexibility index (Phi) is 3.25. The van der Waals surface area contributed by atoms with Crippen LogP contribution in [0.4, 0.5) is 4.39 Å². The molecule has 0 saturated heterocycles. The van der Waals surface area contributed by atoms with Gasteiger partial charge in [0.25, 0.3) is 0 Å². The first-order chi connectivity index (χ1) is 6.82. The minimum atomic E-state index is -0.612. The van der Waals surface area contributed by atoms with Gasteiger partial charge in [-0.25, -0.2) is 4.39 Å². The fraction of sp³-hybridized carbons (Fsp3) is 0.417. The first-order valence-electron chi connectivity index (χ1n) is 4.88. The molecule has 1 rings (SSSR count). The summed E-state index contributed by atoms with van der Waals surface area (Å²) in [6.45, 7) is 5.65. The number of Topliss-reactive ketones (excluding diaryl/α,β-unsaturated/α-hetero) is 1. The fourth-order valence-corrected chi connectivity index (χ4v) is 1.21. The molecule has 0 heterocycles. The molecule has 0 bridgehead atoms. The molecule has 15 heavy (non-hydrogen) atoms. The van der Waals surface area contributed by atoms with Gasteiger partial charge in [-0.3, -0.25) is 4.79 Å². The second-order valence-corrected chi connectivity index (χ2v) is 4.72. The van der Waals surface area contributed by atoms with Gasteiger partial charge in [0.05, 0.1) is 6.04 Å². The Balaban J connectivity index is 2.95. The highest BCUT2D eigenvalue weighted by Gasteiger charge is 2.28. The SMILES string of the molecule is CC(C)(C)C(N)C(=O)c1cccc(F)c1. The first kappa shape index (κ1) is 11.9. The Morgan fingerprint density at radius 1 is 1.40 bits per heavy atom. The van der Waals surface area contributed by atoms with Crippen LogP contribution in [0.2, 0.25) is 0 Å². The van der Waals surface area contributed by atoms with Crippen LogP contribution >= 0.6 is 0 Å². The molecule has 3 heteroatoms. The molecule has 1 atom stereocenters. The van der Waals surface area contributed by atoms with E-state index < -0.39 is 11.9 Å². The number of benzene rings is 1. The van der Waals surface area contributed by atoms with E-state index >= 15 is 0 Å². The first-order valence-corrected chi connectivity index (χ1v) is 4.88. The number of hydrogen-bond acceptors (Lipinski definition) is 2. The Bertz CT molecular complexity index is 368. The van der Waals surface area contributed by atoms with E-state index in [1.54, 1.807) is 6.07 Å². The van der Waals surface area contributed by atoms with Crippen LogP contribution in [0.25, 0.3) is 0 Å². The monoisotopic (exact) mass is 209 g/mol. The molecule has 0 fully saturated rings. The molecule has 1 aromatic rings. The Morgan fingerprint density at radius 3 is 2.47 bits per heavy atom. The number of ketones is 1. The van der Waals surface area contributed by atoms with Crippen molar-refractivity contribution in [3.63, 3.8) is 0 Å². The van der Waals surface area contributed by atoms with Crippen LogP contribution in [0.15, 0.2) is 24.3 Å². The zero-order valence-electron chi connectivity index (χ0n) is 9.25. The summed E-state index contributed by atoms with van der Waals surface area (Å²) >= 11 is 0. The molecule has 0 saturated carbocycles. The lowest BCUT2D eigenvalue weighted by molar-refractivity contribution is 0.0901. The molecule has 0 aliphatic carbocycles. The van der Waals surface area contributed by atoms with Gasteiger partial charge in [-0.05, 0) is 17.5 Å². The maximum atomic E-state index is 12.9. The molecule has 0 radical (unpaired) electrons. The van der Waals surface area contributed by atoms with Gasteiger partial charge in [-0.2, -0.15) is 0 Å². The molecular weight excluding hydrogens is 193 g/mol. The lowest BCUT2D eigenvalue weighted by atomic mass is 9.83. The van der Waals surface area contributed by atoms with Crippen molar-refractivity contribution in [2.75, 3.05) is 0 Å². The van der Waals surface area contributed by atoms with Gasteiger partial charge in [-0.15, -0.1) is 0 Å². The number of carbonyl (C=O) groups is 1. The van der Waals surface area contributed by atoms with Crippen molar-refractivity contribution in [1.29, 1.82) is 0 Å². The normalized spacial score (nSPS) is 13.7. The van der Waals surface area contributed by atoms with Crippen molar-refractivity contribution in [2.45, 2.75) is 26.8 Å². The summed E-state index contributed by atoms with van der Waals surface area (Å²) in [6.07, 6.45) is 0. The highest BCUT2D eigenvalue weighted by molar-refractivity contribution is 6.00. The van der Waals surface area contributed by atoms with E-state index in [0.717, 1.165) is 0 Å². The molecule has 0 spiro atoms. The minimum Gasteiger partial charge on any atom is -0.321 e. The van der Waals surface area contributed by atoms with Crippen LogP contribution in [0.3, 0.4) is 0 Å². The van der Waals surface area contributed by atoms with Crippen LogP contribution in [-0.4, -0.2) is 11.8 Å². The number of rotatable bonds is 2. The molecule has 1 unspecified atom stereocenters. The summed E-state index contributed by atoms with van der Waals surface area (Å²) < 4.78 is 12.9. The highest BCUT2D eigenvalue weighted by Crippen LogP contribution is 2.20. The Morgan fingerprint density at radius 2 is 2.00 bits per heavy atom. The number of halogens is 1. The molecule has 1 aromatic carbocycles. The zero-order valence-corrected chi connectivity index (χ0v) is 9.25. The average molecular weight is 209 g/mol. The summed E-state index contributed by atoms with van der Waals surface area (Å²) in [4.78, 5) is 11.9. The summed E-state index contributed by atoms with van der Waals surface area (Å²) in [5.74, 6) is -0.635. The van der Waals surface area contributed by atoms with E-state index in [1.165, 1.54) is 18.2 Å². The Hall–Kier alpha value is -1.22. The van der Waals surface area contributed by atoms with Crippen LogP contribution in [0.1, 0.15) is 31.1 Å². The van der Waals surface area contributed by atoms with Crippen molar-refractivity contribution >= 4 is 5.78 Å². The predicted molar refractivity (Wildman–Crippen MR) is 58.2 cm³/mol. The van der Waals surface area contributed by atoms with Gasteiger partial charge in [0.15, 0.2) is 5.78 Å². The van der Waals surface area contributed by atoms with Gasteiger partial charge in [0.2, 0.25) is 0 Å². The van der Waals surface area contributed by atoms with E-state index in [4.69, 9.17) is 5.73 Å². The highest BCUT2D eigenvalue weighted by atomic mass is 19.1. The van der Waals surface area contributed by atoms with Crippen molar-refractivity contribution < 1.29 is 9.18 Å². The molecule has 2 nitrogen and oxygen atoms in total. The van der Waals surface area contributed by atoms with Gasteiger partial charge in [0.1, 0.15) is 5.82 Å². The second-order valence-electron chi connectivity index (χ2n) is 4.72. The van der Waals surface area contributed by atoms with E-state index in [1.807, 2.05) is 20.8 Å². The smallest absolute Gasteiger partial charge is 0.180 e. The third-order valence-corrected chi connectivity index (χ3v) is 2.32. The molecule has 0 amide bonds. The van der Waals surface area contributed by atoms with Gasteiger partial charge >= 0.3 is 0 Å². The van der Waals surface area contributed by atoms with E-state index in [2.05, 4.69) is 0 Å². The lowest BCUT2D eigenvalue weighted by Gasteiger charge is -2.25. The molecule has 0 aliphatic rings. The molecule has 2 N–H and O–H groups in total. The number of hydrogen-bond donors (Lipinski definition) is 1. The Labute approximate surface area is 89.3 Å². The third kappa shape index (κ3) is 2.86. The van der Waals surface area contributed by atoms with Crippen LogP contribution in [0.5, 0.6) is 0 Å². The van der Waals surface area contributed by atoms with Gasteiger partial charge < -0.3 is 5.73 Å². The maximum Gasteiger partial charge on any atom is 0.180 e. The van der Waals surface area contributed by atoms with Crippen LogP contribution < -0.4 is 5.73 Å². The predicted octanol–water partition coefficient (Wildman–Crippen LogP) is 2.38. The summed E-state index contributed by atoms with van der Waals surface area (Å²) in [5.41, 5.74) is 5.82.